The van der Waals surface area contributed by atoms with Crippen LogP contribution in [0.15, 0.2) is 12.2 Å². The molecule has 7 heteroatoms. The molecule has 22 heavy (non-hydrogen) atoms. The van der Waals surface area contributed by atoms with Crippen LogP contribution in [0.25, 0.3) is 0 Å². The quantitative estimate of drug-likeness (QED) is 0.722. The molecule has 0 aromatic heterocycles. The van der Waals surface area contributed by atoms with E-state index in [-0.39, 0.29) is 11.7 Å². The molecule has 0 unspecified atom stereocenters. The van der Waals surface area contributed by atoms with Crippen LogP contribution in [0.4, 0.5) is 0 Å². The van der Waals surface area contributed by atoms with Crippen molar-refractivity contribution < 1.29 is 18.0 Å². The lowest BCUT2D eigenvalue weighted by molar-refractivity contribution is -0.124. The molecule has 2 N–H and O–H groups in total. The van der Waals surface area contributed by atoms with Gasteiger partial charge in [0.25, 0.3) is 0 Å². The van der Waals surface area contributed by atoms with E-state index in [1.54, 1.807) is 20.8 Å². The third-order valence-electron chi connectivity index (χ3n) is 3.62. The predicted octanol–water partition coefficient (Wildman–Crippen LogP) is 1.48. The van der Waals surface area contributed by atoms with E-state index in [0.717, 1.165) is 32.1 Å². The van der Waals surface area contributed by atoms with Gasteiger partial charge in [0, 0.05) is 11.5 Å². The van der Waals surface area contributed by atoms with E-state index in [1.165, 1.54) is 0 Å². The van der Waals surface area contributed by atoms with E-state index in [1.807, 2.05) is 0 Å². The second-order valence-corrected chi connectivity index (χ2v) is 8.40. The smallest absolute Gasteiger partial charge is 0.246 e. The molecule has 0 aliphatic heterocycles. The maximum Gasteiger partial charge on any atom is 0.246 e. The van der Waals surface area contributed by atoms with E-state index < -0.39 is 27.4 Å². The van der Waals surface area contributed by atoms with Crippen molar-refractivity contribution in [1.29, 1.82) is 0 Å². The zero-order chi connectivity index (χ0) is 17.0. The number of hydrogen-bond donors (Lipinski definition) is 2. The largest absolute Gasteiger partial charge is 0.346 e. The zero-order valence-corrected chi connectivity index (χ0v) is 14.4. The molecular weight excluding hydrogens is 304 g/mol. The molecule has 0 saturated heterocycles. The molecule has 0 radical (unpaired) electrons. The van der Waals surface area contributed by atoms with Crippen LogP contribution in [0.3, 0.4) is 0 Å². The van der Waals surface area contributed by atoms with Crippen LogP contribution in [-0.2, 0) is 19.6 Å². The Bertz CT molecular complexity index is 546. The standard InChI is InChI=1S/C15H26N2O4S/c1-11(2)13(18)16-15(3,4)10-22(20,21)17-14(19)12-8-6-5-7-9-12/h12H,1,5-10H2,2-4H3,(H,16,18)(H,17,19). The second-order valence-electron chi connectivity index (χ2n) is 6.68. The number of hydrogen-bond acceptors (Lipinski definition) is 4. The van der Waals surface area contributed by atoms with Crippen molar-refractivity contribution in [3.63, 3.8) is 0 Å². The SMILES string of the molecule is C=C(C)C(=O)NC(C)(C)CS(=O)(=O)NC(=O)C1CCCCC1. The first kappa shape index (κ1) is 18.7. The maximum atomic E-state index is 12.1. The van der Waals surface area contributed by atoms with Crippen molar-refractivity contribution >= 4 is 21.8 Å². The summed E-state index contributed by atoms with van der Waals surface area (Å²) in [5.74, 6) is -1.42. The van der Waals surface area contributed by atoms with Gasteiger partial charge in [0.2, 0.25) is 21.8 Å². The Labute approximate surface area is 132 Å². The molecule has 1 rings (SSSR count). The lowest BCUT2D eigenvalue weighted by Gasteiger charge is -2.27. The van der Waals surface area contributed by atoms with Gasteiger partial charge in [-0.2, -0.15) is 0 Å². The first-order valence-electron chi connectivity index (χ1n) is 7.55. The van der Waals surface area contributed by atoms with Crippen LogP contribution >= 0.6 is 0 Å². The first-order valence-corrected chi connectivity index (χ1v) is 9.20. The summed E-state index contributed by atoms with van der Waals surface area (Å²) in [4.78, 5) is 23.7. The monoisotopic (exact) mass is 330 g/mol. The van der Waals surface area contributed by atoms with Gasteiger partial charge in [0.15, 0.2) is 0 Å². The van der Waals surface area contributed by atoms with E-state index in [9.17, 15) is 18.0 Å². The molecule has 1 aliphatic carbocycles. The third-order valence-corrected chi connectivity index (χ3v) is 5.24. The van der Waals surface area contributed by atoms with Crippen LogP contribution in [-0.4, -0.2) is 31.5 Å². The highest BCUT2D eigenvalue weighted by molar-refractivity contribution is 7.90. The number of carbonyl (C=O) groups is 2. The van der Waals surface area contributed by atoms with Crippen molar-refractivity contribution in [3.05, 3.63) is 12.2 Å². The Hall–Kier alpha value is -1.37. The molecule has 0 atom stereocenters. The molecule has 0 heterocycles. The molecule has 0 aromatic rings. The average molecular weight is 330 g/mol. The zero-order valence-electron chi connectivity index (χ0n) is 13.6. The Morgan fingerprint density at radius 2 is 1.73 bits per heavy atom. The van der Waals surface area contributed by atoms with Gasteiger partial charge in [-0.15, -0.1) is 0 Å². The molecule has 0 spiro atoms. The molecule has 1 aliphatic rings. The summed E-state index contributed by atoms with van der Waals surface area (Å²) in [6.45, 7) is 8.25. The highest BCUT2D eigenvalue weighted by Crippen LogP contribution is 2.24. The first-order chi connectivity index (χ1) is 10.0. The predicted molar refractivity (Wildman–Crippen MR) is 85.5 cm³/mol. The molecule has 6 nitrogen and oxygen atoms in total. The summed E-state index contributed by atoms with van der Waals surface area (Å²) in [6.07, 6.45) is 4.47. The van der Waals surface area contributed by atoms with Gasteiger partial charge in [-0.25, -0.2) is 8.42 Å². The van der Waals surface area contributed by atoms with Gasteiger partial charge < -0.3 is 5.32 Å². The van der Waals surface area contributed by atoms with Crippen molar-refractivity contribution in [2.75, 3.05) is 5.75 Å². The summed E-state index contributed by atoms with van der Waals surface area (Å²) in [5.41, 5.74) is -0.689. The molecule has 2 amide bonds. The van der Waals surface area contributed by atoms with E-state index in [2.05, 4.69) is 16.6 Å². The summed E-state index contributed by atoms with van der Waals surface area (Å²) in [7, 11) is -3.80. The van der Waals surface area contributed by atoms with E-state index >= 15 is 0 Å². The second kappa shape index (κ2) is 7.26. The Morgan fingerprint density at radius 3 is 2.23 bits per heavy atom. The molecule has 126 valence electrons. The average Bonchev–Trinajstić information content (AvgIpc) is 2.36. The van der Waals surface area contributed by atoms with E-state index in [4.69, 9.17) is 0 Å². The Kier molecular flexibility index (Phi) is 6.17. The third kappa shape index (κ3) is 6.17. The summed E-state index contributed by atoms with van der Waals surface area (Å²) >= 11 is 0. The highest BCUT2D eigenvalue weighted by atomic mass is 32.2. The minimum atomic E-state index is -3.80. The van der Waals surface area contributed by atoms with Crippen LogP contribution < -0.4 is 10.0 Å². The van der Waals surface area contributed by atoms with Crippen molar-refractivity contribution in [3.8, 4) is 0 Å². The number of amides is 2. The summed E-state index contributed by atoms with van der Waals surface area (Å²) < 4.78 is 26.4. The van der Waals surface area contributed by atoms with Crippen molar-refractivity contribution in [2.45, 2.75) is 58.4 Å². The van der Waals surface area contributed by atoms with Crippen LogP contribution in [0.1, 0.15) is 52.9 Å². The van der Waals surface area contributed by atoms with Crippen LogP contribution in [0, 0.1) is 5.92 Å². The van der Waals surface area contributed by atoms with Crippen LogP contribution in [0.2, 0.25) is 0 Å². The Balaban J connectivity index is 2.63. The van der Waals surface area contributed by atoms with Crippen molar-refractivity contribution in [1.82, 2.24) is 10.0 Å². The molecule has 0 aromatic carbocycles. The normalized spacial score (nSPS) is 16.9. The number of nitrogens with one attached hydrogen (secondary N) is 2. The Morgan fingerprint density at radius 1 is 1.18 bits per heavy atom. The molecule has 1 saturated carbocycles. The fourth-order valence-corrected chi connectivity index (χ4v) is 4.13. The number of rotatable bonds is 6. The lowest BCUT2D eigenvalue weighted by atomic mass is 9.89. The van der Waals surface area contributed by atoms with Gasteiger partial charge >= 0.3 is 0 Å². The van der Waals surface area contributed by atoms with Gasteiger partial charge in [0.05, 0.1) is 11.3 Å². The topological polar surface area (TPSA) is 92.3 Å². The molecular formula is C15H26N2O4S. The van der Waals surface area contributed by atoms with Gasteiger partial charge in [0.1, 0.15) is 0 Å². The lowest BCUT2D eigenvalue weighted by Crippen LogP contribution is -2.51. The fourth-order valence-electron chi connectivity index (χ4n) is 2.56. The maximum absolute atomic E-state index is 12.1. The molecule has 0 bridgehead atoms. The summed E-state index contributed by atoms with van der Waals surface area (Å²) in [5, 5.41) is 2.60. The van der Waals surface area contributed by atoms with Gasteiger partial charge in [-0.3, -0.25) is 14.3 Å². The van der Waals surface area contributed by atoms with Crippen molar-refractivity contribution in [2.24, 2.45) is 5.92 Å². The van der Waals surface area contributed by atoms with Crippen LogP contribution in [0.5, 0.6) is 0 Å². The number of carbonyl (C=O) groups excluding carboxylic acids is 2. The van der Waals surface area contributed by atoms with Gasteiger partial charge in [-0.05, 0) is 33.6 Å². The minimum absolute atomic E-state index is 0.225. The minimum Gasteiger partial charge on any atom is -0.346 e. The van der Waals surface area contributed by atoms with Gasteiger partial charge in [-0.1, -0.05) is 25.8 Å². The molecule has 1 fully saturated rings. The number of sulfonamides is 1. The highest BCUT2D eigenvalue weighted by Gasteiger charge is 2.31. The van der Waals surface area contributed by atoms with E-state index in [0.29, 0.717) is 5.57 Å². The summed E-state index contributed by atoms with van der Waals surface area (Å²) in [6, 6.07) is 0. The fraction of sp³-hybridized carbons (Fsp3) is 0.733.